The molecule has 2 amide bonds. The first kappa shape index (κ1) is 20.0. The number of fused-ring (bicyclic) bond motifs is 1. The summed E-state index contributed by atoms with van der Waals surface area (Å²) < 4.78 is 0. The van der Waals surface area contributed by atoms with Gasteiger partial charge in [0.25, 0.3) is 11.8 Å². The molecule has 0 saturated carbocycles. The van der Waals surface area contributed by atoms with E-state index < -0.39 is 5.91 Å². The fourth-order valence-corrected chi connectivity index (χ4v) is 3.32. The number of hydrogen-bond acceptors (Lipinski definition) is 4. The van der Waals surface area contributed by atoms with Gasteiger partial charge in [-0.05, 0) is 43.3 Å². The van der Waals surface area contributed by atoms with Gasteiger partial charge in [-0.3, -0.25) is 19.4 Å². The highest BCUT2D eigenvalue weighted by Crippen LogP contribution is 2.18. The Morgan fingerprint density at radius 2 is 1.74 bits per heavy atom. The second-order valence-corrected chi connectivity index (χ2v) is 7.08. The number of amides is 2. The summed E-state index contributed by atoms with van der Waals surface area (Å²) in [6, 6.07) is 20.2. The van der Waals surface area contributed by atoms with Crippen LogP contribution in [0, 0.1) is 0 Å². The molecule has 1 atom stereocenters. The van der Waals surface area contributed by atoms with Crippen LogP contribution >= 0.6 is 0 Å². The molecule has 2 aromatic heterocycles. The minimum absolute atomic E-state index is 0.262. The highest BCUT2D eigenvalue weighted by Gasteiger charge is 2.15. The number of benzene rings is 2. The topological polar surface area (TPSA) is 104 Å². The lowest BCUT2D eigenvalue weighted by atomic mass is 10.1. The summed E-state index contributed by atoms with van der Waals surface area (Å²) in [4.78, 5) is 44.4. The molecule has 0 spiro atoms. The molecule has 0 radical (unpaired) electrons. The van der Waals surface area contributed by atoms with Crippen LogP contribution in [0.1, 0.15) is 39.4 Å². The number of anilines is 1. The zero-order valence-corrected chi connectivity index (χ0v) is 16.8. The number of aromatic amines is 1. The first-order chi connectivity index (χ1) is 15.0. The van der Waals surface area contributed by atoms with E-state index >= 15 is 0 Å². The quantitative estimate of drug-likeness (QED) is 0.465. The summed E-state index contributed by atoms with van der Waals surface area (Å²) in [5.74, 6) is -0.711. The van der Waals surface area contributed by atoms with E-state index in [0.29, 0.717) is 22.2 Å². The van der Waals surface area contributed by atoms with Gasteiger partial charge in [-0.1, -0.05) is 30.3 Å². The molecule has 3 N–H and O–H groups in total. The second kappa shape index (κ2) is 8.62. The SMILES string of the molecule is CC(NC(=O)c1cccc(NC(=O)c2cc(=O)[nH]c3ccccc23)c1)c1ccccn1. The predicted molar refractivity (Wildman–Crippen MR) is 119 cm³/mol. The van der Waals surface area contributed by atoms with Gasteiger partial charge in [0, 0.05) is 34.4 Å². The molecule has 154 valence electrons. The van der Waals surface area contributed by atoms with Crippen molar-refractivity contribution in [1.82, 2.24) is 15.3 Å². The van der Waals surface area contributed by atoms with E-state index in [0.717, 1.165) is 5.69 Å². The van der Waals surface area contributed by atoms with Gasteiger partial charge in [-0.15, -0.1) is 0 Å². The van der Waals surface area contributed by atoms with Crippen LogP contribution in [0.2, 0.25) is 0 Å². The summed E-state index contributed by atoms with van der Waals surface area (Å²) in [6.07, 6.45) is 1.67. The molecule has 4 aromatic rings. The molecule has 0 saturated heterocycles. The van der Waals surface area contributed by atoms with Crippen molar-refractivity contribution in [2.45, 2.75) is 13.0 Å². The molecular formula is C24H20N4O3. The standard InChI is InChI=1S/C24H20N4O3/c1-15(20-10-4-5-12-25-20)26-23(30)16-7-6-8-17(13-16)27-24(31)19-14-22(29)28-21-11-3-2-9-18(19)21/h2-15H,1H3,(H,26,30)(H,27,31)(H,28,29). The molecule has 7 nitrogen and oxygen atoms in total. The fraction of sp³-hybridized carbons (Fsp3) is 0.0833. The van der Waals surface area contributed by atoms with Crippen molar-refractivity contribution in [3.63, 3.8) is 0 Å². The Bertz CT molecular complexity index is 1320. The number of nitrogens with zero attached hydrogens (tertiary/aromatic N) is 1. The van der Waals surface area contributed by atoms with Crippen LogP contribution in [0.25, 0.3) is 10.9 Å². The van der Waals surface area contributed by atoms with Gasteiger partial charge < -0.3 is 15.6 Å². The Hall–Kier alpha value is -4.26. The van der Waals surface area contributed by atoms with Gasteiger partial charge >= 0.3 is 0 Å². The minimum Gasteiger partial charge on any atom is -0.344 e. The lowest BCUT2D eigenvalue weighted by Gasteiger charge is -2.14. The van der Waals surface area contributed by atoms with E-state index in [-0.39, 0.29) is 23.1 Å². The van der Waals surface area contributed by atoms with Crippen LogP contribution in [0.3, 0.4) is 0 Å². The van der Waals surface area contributed by atoms with E-state index in [1.807, 2.05) is 25.1 Å². The maximum atomic E-state index is 12.9. The summed E-state index contributed by atoms with van der Waals surface area (Å²) in [6.45, 7) is 1.85. The van der Waals surface area contributed by atoms with Gasteiger partial charge in [0.15, 0.2) is 0 Å². The Labute approximate surface area is 178 Å². The van der Waals surface area contributed by atoms with Gasteiger partial charge in [0.05, 0.1) is 17.3 Å². The summed E-state index contributed by atoms with van der Waals surface area (Å²) in [7, 11) is 0. The predicted octanol–water partition coefficient (Wildman–Crippen LogP) is 3.67. The van der Waals surface area contributed by atoms with E-state index in [1.165, 1.54) is 6.07 Å². The van der Waals surface area contributed by atoms with Gasteiger partial charge in [-0.25, -0.2) is 0 Å². The lowest BCUT2D eigenvalue weighted by molar-refractivity contribution is 0.0938. The highest BCUT2D eigenvalue weighted by molar-refractivity contribution is 6.12. The van der Waals surface area contributed by atoms with E-state index in [9.17, 15) is 14.4 Å². The number of rotatable bonds is 5. The largest absolute Gasteiger partial charge is 0.344 e. The first-order valence-electron chi connectivity index (χ1n) is 9.76. The Morgan fingerprint density at radius 1 is 0.935 bits per heavy atom. The van der Waals surface area contributed by atoms with Crippen LogP contribution in [0.4, 0.5) is 5.69 Å². The fourth-order valence-electron chi connectivity index (χ4n) is 3.32. The van der Waals surface area contributed by atoms with Crippen molar-refractivity contribution in [3.05, 3.63) is 106 Å². The van der Waals surface area contributed by atoms with Crippen LogP contribution in [0.5, 0.6) is 0 Å². The Balaban J connectivity index is 1.53. The Morgan fingerprint density at radius 3 is 2.55 bits per heavy atom. The van der Waals surface area contributed by atoms with Crippen molar-refractivity contribution < 1.29 is 9.59 Å². The molecule has 0 aliphatic heterocycles. The third-order valence-corrected chi connectivity index (χ3v) is 4.86. The first-order valence-corrected chi connectivity index (χ1v) is 9.76. The molecule has 7 heteroatoms. The molecule has 4 rings (SSSR count). The molecule has 0 bridgehead atoms. The molecule has 1 unspecified atom stereocenters. The van der Waals surface area contributed by atoms with E-state index in [2.05, 4.69) is 20.6 Å². The summed E-state index contributed by atoms with van der Waals surface area (Å²) in [5, 5.41) is 6.31. The van der Waals surface area contributed by atoms with Crippen molar-refractivity contribution in [3.8, 4) is 0 Å². The van der Waals surface area contributed by atoms with Crippen LogP contribution in [0.15, 0.2) is 83.8 Å². The van der Waals surface area contributed by atoms with Crippen molar-refractivity contribution >= 4 is 28.4 Å². The summed E-state index contributed by atoms with van der Waals surface area (Å²) >= 11 is 0. The number of nitrogens with one attached hydrogen (secondary N) is 3. The van der Waals surface area contributed by atoms with Crippen molar-refractivity contribution in [1.29, 1.82) is 0 Å². The third-order valence-electron chi connectivity index (χ3n) is 4.86. The smallest absolute Gasteiger partial charge is 0.256 e. The van der Waals surface area contributed by atoms with Crippen LogP contribution in [-0.2, 0) is 0 Å². The molecule has 0 aliphatic carbocycles. The number of aromatic nitrogens is 2. The van der Waals surface area contributed by atoms with E-state index in [1.54, 1.807) is 54.7 Å². The normalized spacial score (nSPS) is 11.6. The lowest BCUT2D eigenvalue weighted by Crippen LogP contribution is -2.27. The highest BCUT2D eigenvalue weighted by atomic mass is 16.2. The number of carbonyl (C=O) groups excluding carboxylic acids is 2. The molecule has 0 aliphatic rings. The van der Waals surface area contributed by atoms with E-state index in [4.69, 9.17) is 0 Å². The van der Waals surface area contributed by atoms with Crippen molar-refractivity contribution in [2.75, 3.05) is 5.32 Å². The zero-order valence-electron chi connectivity index (χ0n) is 16.8. The number of carbonyl (C=O) groups is 2. The van der Waals surface area contributed by atoms with Gasteiger partial charge in [0.1, 0.15) is 0 Å². The number of pyridine rings is 2. The Kier molecular flexibility index (Phi) is 5.57. The number of H-pyrrole nitrogens is 1. The zero-order chi connectivity index (χ0) is 21.8. The number of para-hydroxylation sites is 1. The van der Waals surface area contributed by atoms with Crippen LogP contribution in [-0.4, -0.2) is 21.8 Å². The maximum Gasteiger partial charge on any atom is 0.256 e. The second-order valence-electron chi connectivity index (χ2n) is 7.08. The average molecular weight is 412 g/mol. The van der Waals surface area contributed by atoms with Crippen molar-refractivity contribution in [2.24, 2.45) is 0 Å². The average Bonchev–Trinajstić information content (AvgIpc) is 2.79. The monoisotopic (exact) mass is 412 g/mol. The molecule has 2 aromatic carbocycles. The number of hydrogen-bond donors (Lipinski definition) is 3. The molecule has 2 heterocycles. The molecule has 31 heavy (non-hydrogen) atoms. The van der Waals surface area contributed by atoms with Gasteiger partial charge in [-0.2, -0.15) is 0 Å². The van der Waals surface area contributed by atoms with Gasteiger partial charge in [0.2, 0.25) is 5.56 Å². The minimum atomic E-state index is -0.429. The van der Waals surface area contributed by atoms with Crippen LogP contribution < -0.4 is 16.2 Å². The molecule has 0 fully saturated rings. The maximum absolute atomic E-state index is 12.9. The molecular weight excluding hydrogens is 392 g/mol. The summed E-state index contributed by atoms with van der Waals surface area (Å²) in [5.41, 5.74) is 2.08. The third kappa shape index (κ3) is 4.51.